The number of hydrogen-bond acceptors (Lipinski definition) is 4. The molecule has 0 aromatic heterocycles. The number of alkyl carbamates (subject to hydrolysis) is 1. The van der Waals surface area contributed by atoms with E-state index >= 15 is 0 Å². The van der Waals surface area contributed by atoms with Crippen molar-refractivity contribution in [2.24, 2.45) is 0 Å². The van der Waals surface area contributed by atoms with Crippen molar-refractivity contribution in [2.45, 2.75) is 51.9 Å². The Hall–Kier alpha value is -2.86. The van der Waals surface area contributed by atoms with Crippen molar-refractivity contribution in [2.75, 3.05) is 6.61 Å². The van der Waals surface area contributed by atoms with E-state index in [0.717, 1.165) is 16.7 Å². The Morgan fingerprint density at radius 3 is 2.00 bits per heavy atom. The molecule has 0 radical (unpaired) electrons. The van der Waals surface area contributed by atoms with Crippen LogP contribution < -0.4 is 5.32 Å². The summed E-state index contributed by atoms with van der Waals surface area (Å²) in [5.74, 6) is -1.18. The van der Waals surface area contributed by atoms with Gasteiger partial charge in [-0.25, -0.2) is 9.59 Å². The highest BCUT2D eigenvalue weighted by molar-refractivity contribution is 5.80. The molecule has 6 nitrogen and oxygen atoms in total. The van der Waals surface area contributed by atoms with Gasteiger partial charge in [0.25, 0.3) is 0 Å². The Labute approximate surface area is 171 Å². The van der Waals surface area contributed by atoms with Crippen LogP contribution in [0.2, 0.25) is 0 Å². The number of rotatable bonds is 7. The second-order valence-corrected chi connectivity index (χ2v) is 8.30. The molecule has 0 heterocycles. The molecule has 1 amide bonds. The predicted octanol–water partition coefficient (Wildman–Crippen LogP) is 4.58. The minimum absolute atomic E-state index is 0.153. The maximum absolute atomic E-state index is 12.3. The van der Waals surface area contributed by atoms with Crippen molar-refractivity contribution in [1.29, 1.82) is 0 Å². The number of ether oxygens (including phenoxy) is 2. The number of carboxylic acids is 1. The van der Waals surface area contributed by atoms with E-state index in [1.165, 1.54) is 0 Å². The fourth-order valence-electron chi connectivity index (χ4n) is 2.67. The first kappa shape index (κ1) is 22.4. The van der Waals surface area contributed by atoms with Gasteiger partial charge in [0.15, 0.2) is 6.04 Å². The summed E-state index contributed by atoms with van der Waals surface area (Å²) < 4.78 is 11.0. The molecule has 2 aromatic carbocycles. The monoisotopic (exact) mass is 399 g/mol. The van der Waals surface area contributed by atoms with E-state index in [2.05, 4.69) is 5.32 Å². The van der Waals surface area contributed by atoms with Crippen LogP contribution in [-0.2, 0) is 19.9 Å². The van der Waals surface area contributed by atoms with Crippen molar-refractivity contribution in [3.63, 3.8) is 0 Å². The van der Waals surface area contributed by atoms with Crippen LogP contribution in [0.25, 0.3) is 11.1 Å². The molecule has 0 spiro atoms. The lowest BCUT2D eigenvalue weighted by Gasteiger charge is -2.28. The molecule has 0 fully saturated rings. The molecule has 156 valence electrons. The smallest absolute Gasteiger partial charge is 0.408 e. The molecular weight excluding hydrogens is 370 g/mol. The highest BCUT2D eigenvalue weighted by Crippen LogP contribution is 2.28. The summed E-state index contributed by atoms with van der Waals surface area (Å²) in [5, 5.41) is 11.7. The van der Waals surface area contributed by atoms with Crippen LogP contribution in [-0.4, -0.2) is 35.4 Å². The number of carboxylic acid groups (broad SMARTS) is 1. The molecule has 2 aromatic rings. The Morgan fingerprint density at radius 1 is 0.931 bits per heavy atom. The van der Waals surface area contributed by atoms with Crippen LogP contribution >= 0.6 is 0 Å². The quantitative estimate of drug-likeness (QED) is 0.712. The maximum Gasteiger partial charge on any atom is 0.408 e. The molecule has 2 rings (SSSR count). The van der Waals surface area contributed by atoms with Crippen LogP contribution in [0.5, 0.6) is 0 Å². The number of carbonyl (C=O) groups excluding carboxylic acids is 1. The van der Waals surface area contributed by atoms with Gasteiger partial charge < -0.3 is 19.9 Å². The lowest BCUT2D eigenvalue weighted by Crippen LogP contribution is -2.47. The van der Waals surface area contributed by atoms with Crippen LogP contribution in [0.4, 0.5) is 4.79 Å². The highest BCUT2D eigenvalue weighted by atomic mass is 16.6. The molecule has 29 heavy (non-hydrogen) atoms. The standard InChI is InChI=1S/C23H29NO5/c1-22(2,3)28-15-19(20(25)26)24-21(27)29-23(4,5)18-13-11-17(12-14-18)16-9-7-6-8-10-16/h6-14,19H,15H2,1-5H3,(H,24,27)(H,25,26)/t19-/m0/s1. The van der Waals surface area contributed by atoms with Gasteiger partial charge in [0.1, 0.15) is 5.60 Å². The average Bonchev–Trinajstić information content (AvgIpc) is 2.64. The minimum atomic E-state index is -1.20. The van der Waals surface area contributed by atoms with Gasteiger partial charge in [-0.2, -0.15) is 0 Å². The third kappa shape index (κ3) is 6.91. The molecule has 0 aliphatic heterocycles. The molecule has 6 heteroatoms. The zero-order valence-electron chi connectivity index (χ0n) is 17.6. The zero-order valence-corrected chi connectivity index (χ0v) is 17.6. The van der Waals surface area contributed by atoms with Gasteiger partial charge in [-0.3, -0.25) is 0 Å². The Morgan fingerprint density at radius 2 is 1.48 bits per heavy atom. The van der Waals surface area contributed by atoms with Crippen LogP contribution in [0, 0.1) is 0 Å². The van der Waals surface area contributed by atoms with Gasteiger partial charge in [-0.1, -0.05) is 54.6 Å². The van der Waals surface area contributed by atoms with Crippen molar-refractivity contribution in [3.8, 4) is 11.1 Å². The molecule has 0 bridgehead atoms. The first-order valence-electron chi connectivity index (χ1n) is 9.50. The minimum Gasteiger partial charge on any atom is -0.480 e. The number of benzene rings is 2. The number of nitrogens with one attached hydrogen (secondary N) is 1. The topological polar surface area (TPSA) is 84.9 Å². The number of aliphatic carboxylic acids is 1. The second-order valence-electron chi connectivity index (χ2n) is 8.30. The summed E-state index contributed by atoms with van der Waals surface area (Å²) in [5.41, 5.74) is 1.50. The summed E-state index contributed by atoms with van der Waals surface area (Å²) >= 11 is 0. The Balaban J connectivity index is 2.03. The van der Waals surface area contributed by atoms with Gasteiger partial charge in [-0.05, 0) is 51.3 Å². The fourth-order valence-corrected chi connectivity index (χ4v) is 2.67. The lowest BCUT2D eigenvalue weighted by molar-refractivity contribution is -0.142. The molecule has 0 unspecified atom stereocenters. The van der Waals surface area contributed by atoms with Gasteiger partial charge >= 0.3 is 12.1 Å². The molecule has 0 aliphatic rings. The fraction of sp³-hybridized carbons (Fsp3) is 0.391. The van der Waals surface area contributed by atoms with E-state index < -0.39 is 29.3 Å². The summed E-state index contributed by atoms with van der Waals surface area (Å²) in [6, 6.07) is 16.5. The van der Waals surface area contributed by atoms with Gasteiger partial charge in [-0.15, -0.1) is 0 Å². The first-order valence-corrected chi connectivity index (χ1v) is 9.50. The normalized spacial score (nSPS) is 12.9. The SMILES string of the molecule is CC(C)(C)OC[C@H](NC(=O)OC(C)(C)c1ccc(-c2ccccc2)cc1)C(=O)O. The summed E-state index contributed by atoms with van der Waals surface area (Å²) in [6.07, 6.45) is -0.813. The first-order chi connectivity index (χ1) is 13.5. The molecule has 0 saturated heterocycles. The van der Waals surface area contributed by atoms with Crippen LogP contribution in [0.15, 0.2) is 54.6 Å². The zero-order chi connectivity index (χ0) is 21.7. The van der Waals surface area contributed by atoms with E-state index in [9.17, 15) is 14.7 Å². The number of amides is 1. The Bertz CT molecular complexity index is 823. The third-order valence-corrected chi connectivity index (χ3v) is 4.31. The number of hydrogen-bond donors (Lipinski definition) is 2. The highest BCUT2D eigenvalue weighted by Gasteiger charge is 2.29. The van der Waals surface area contributed by atoms with Crippen molar-refractivity contribution in [3.05, 3.63) is 60.2 Å². The third-order valence-electron chi connectivity index (χ3n) is 4.31. The maximum atomic E-state index is 12.3. The van der Waals surface area contributed by atoms with Gasteiger partial charge in [0, 0.05) is 0 Å². The molecular formula is C23H29NO5. The van der Waals surface area contributed by atoms with Gasteiger partial charge in [0.2, 0.25) is 0 Å². The van der Waals surface area contributed by atoms with E-state index in [1.807, 2.05) is 75.4 Å². The summed E-state index contributed by atoms with van der Waals surface area (Å²) in [4.78, 5) is 23.7. The molecule has 0 saturated carbocycles. The van der Waals surface area contributed by atoms with Gasteiger partial charge in [0.05, 0.1) is 12.2 Å². The number of carbonyl (C=O) groups is 2. The van der Waals surface area contributed by atoms with E-state index in [4.69, 9.17) is 9.47 Å². The predicted molar refractivity (Wildman–Crippen MR) is 112 cm³/mol. The van der Waals surface area contributed by atoms with Crippen molar-refractivity contribution in [1.82, 2.24) is 5.32 Å². The van der Waals surface area contributed by atoms with E-state index in [0.29, 0.717) is 0 Å². The summed E-state index contributed by atoms with van der Waals surface area (Å²) in [6.45, 7) is 8.79. The van der Waals surface area contributed by atoms with Crippen molar-refractivity contribution >= 4 is 12.1 Å². The molecule has 1 atom stereocenters. The van der Waals surface area contributed by atoms with E-state index in [-0.39, 0.29) is 6.61 Å². The van der Waals surface area contributed by atoms with E-state index in [1.54, 1.807) is 13.8 Å². The second kappa shape index (κ2) is 9.09. The molecule has 2 N–H and O–H groups in total. The largest absolute Gasteiger partial charge is 0.480 e. The van der Waals surface area contributed by atoms with Crippen LogP contribution in [0.1, 0.15) is 40.2 Å². The average molecular weight is 399 g/mol. The summed E-state index contributed by atoms with van der Waals surface area (Å²) in [7, 11) is 0. The Kier molecular flexibility index (Phi) is 7.03. The molecule has 0 aliphatic carbocycles. The lowest BCUT2D eigenvalue weighted by atomic mass is 9.95. The van der Waals surface area contributed by atoms with Crippen molar-refractivity contribution < 1.29 is 24.2 Å². The van der Waals surface area contributed by atoms with Crippen LogP contribution in [0.3, 0.4) is 0 Å².